The van der Waals surface area contributed by atoms with Crippen molar-refractivity contribution in [1.82, 2.24) is 40.4 Å². The molecule has 6 heterocycles. The molecule has 69 heavy (non-hydrogen) atoms. The van der Waals surface area contributed by atoms with Gasteiger partial charge in [-0.3, -0.25) is 19.2 Å². The van der Waals surface area contributed by atoms with Crippen LogP contribution in [-0.4, -0.2) is 127 Å². The Morgan fingerprint density at radius 2 is 1.77 bits per heavy atom. The SMILES string of the molecule is CC(=O)N[C@H](C(=O)N1C[C@H](O)C[C@H]1C(=O)NCc1ccc(-c2scnc2C)cc1OC1CCC(C(=O)N2CC(Nc3nccc(Sc4cnc(N5CCC(C)(N)CC5)cn4)c3Cl)C2)CC1)C(C)(C)C. The maximum atomic E-state index is 13.8. The fourth-order valence-corrected chi connectivity index (χ4v) is 11.3. The number of hydrogen-bond acceptors (Lipinski definition) is 15. The second-order valence-electron chi connectivity index (χ2n) is 20.3. The van der Waals surface area contributed by atoms with Gasteiger partial charge in [-0.05, 0) is 75.5 Å². The first kappa shape index (κ1) is 50.3. The standard InChI is InChI=1S/C49H64ClN11O6S2/c1-28-42(68-27-56-28)31-7-8-32(21-55-45(64)36-20-34(63)26-61(36)47(66)43(48(3,4)5)57-29(2)62)37(19-31)67-35-11-9-30(10-12-35)46(65)60-24-33(25-60)58-44-41(50)38(13-16-52-44)69-40-23-53-39(22-54-40)59-17-14-49(6,51)15-18-59/h7-8,13,16,19,22-23,27,30,33-36,43,63H,9-12,14-15,17-18,20-21,24-26,51H2,1-6H3,(H,52,58)(H,55,64)(H,57,62)/t30?,34-,35?,36+,43-/m1/s1. The minimum absolute atomic E-state index is 0.00991. The monoisotopic (exact) mass is 1000 g/mol. The van der Waals surface area contributed by atoms with Crippen molar-refractivity contribution in [2.24, 2.45) is 17.1 Å². The number of hydrogen-bond donors (Lipinski definition) is 5. The molecule has 4 amide bonds. The van der Waals surface area contributed by atoms with E-state index in [2.05, 4.69) is 47.7 Å². The number of rotatable bonds is 14. The Balaban J connectivity index is 0.840. The number of nitrogens with one attached hydrogen (secondary N) is 3. The first-order chi connectivity index (χ1) is 32.8. The summed E-state index contributed by atoms with van der Waals surface area (Å²) in [4.78, 5) is 79.0. The van der Waals surface area contributed by atoms with Crippen LogP contribution in [0.25, 0.3) is 10.4 Å². The Morgan fingerprint density at radius 1 is 1.03 bits per heavy atom. The minimum Gasteiger partial charge on any atom is -0.490 e. The molecular weight excluding hydrogens is 938 g/mol. The minimum atomic E-state index is -0.912. The molecule has 17 nitrogen and oxygen atoms in total. The average Bonchev–Trinajstić information content (AvgIpc) is 3.92. The van der Waals surface area contributed by atoms with Crippen LogP contribution in [0.5, 0.6) is 5.75 Å². The molecule has 4 fully saturated rings. The molecule has 0 unspecified atom stereocenters. The van der Waals surface area contributed by atoms with Gasteiger partial charge in [-0.1, -0.05) is 56.3 Å². The maximum absolute atomic E-state index is 13.8. The summed E-state index contributed by atoms with van der Waals surface area (Å²) >= 11 is 9.83. The third-order valence-corrected chi connectivity index (χ3v) is 16.1. The summed E-state index contributed by atoms with van der Waals surface area (Å²) in [6.07, 6.45) is 8.88. The van der Waals surface area contributed by atoms with Crippen LogP contribution in [0.1, 0.15) is 90.8 Å². The van der Waals surface area contributed by atoms with E-state index in [1.807, 2.05) is 56.9 Å². The van der Waals surface area contributed by atoms with Gasteiger partial charge in [0.15, 0.2) is 0 Å². The van der Waals surface area contributed by atoms with Crippen LogP contribution in [0, 0.1) is 18.3 Å². The number of thiazole rings is 1. The van der Waals surface area contributed by atoms with E-state index in [1.165, 1.54) is 34.9 Å². The number of pyridine rings is 1. The van der Waals surface area contributed by atoms with Crippen LogP contribution in [0.3, 0.4) is 0 Å². The summed E-state index contributed by atoms with van der Waals surface area (Å²) in [6, 6.07) is 5.99. The highest BCUT2D eigenvalue weighted by molar-refractivity contribution is 7.99. The number of carbonyl (C=O) groups excluding carboxylic acids is 4. The summed E-state index contributed by atoms with van der Waals surface area (Å²) in [5.74, 6) is 0.882. The van der Waals surface area contributed by atoms with Crippen LogP contribution in [-0.2, 0) is 25.7 Å². The topological polar surface area (TPSA) is 221 Å². The van der Waals surface area contributed by atoms with Crippen molar-refractivity contribution < 1.29 is 29.0 Å². The lowest BCUT2D eigenvalue weighted by molar-refractivity contribution is -0.143. The normalized spacial score (nSPS) is 22.1. The number of nitrogens with zero attached hydrogens (tertiary/aromatic N) is 7. The van der Waals surface area contributed by atoms with Gasteiger partial charge < -0.3 is 46.2 Å². The predicted molar refractivity (Wildman–Crippen MR) is 267 cm³/mol. The zero-order valence-electron chi connectivity index (χ0n) is 40.2. The van der Waals surface area contributed by atoms with Gasteiger partial charge in [0.2, 0.25) is 23.6 Å². The van der Waals surface area contributed by atoms with Gasteiger partial charge in [0.05, 0.1) is 51.7 Å². The summed E-state index contributed by atoms with van der Waals surface area (Å²) in [7, 11) is 0. The molecular formula is C49H64ClN11O6S2. The van der Waals surface area contributed by atoms with Crippen LogP contribution >= 0.6 is 34.7 Å². The molecule has 3 aromatic heterocycles. The Morgan fingerprint density at radius 3 is 2.42 bits per heavy atom. The fraction of sp³-hybridized carbons (Fsp3) is 0.551. The number of piperidine rings is 1. The van der Waals surface area contributed by atoms with Crippen molar-refractivity contribution in [3.8, 4) is 16.2 Å². The van der Waals surface area contributed by atoms with E-state index >= 15 is 0 Å². The van der Waals surface area contributed by atoms with Crippen LogP contribution in [0.4, 0.5) is 11.6 Å². The van der Waals surface area contributed by atoms with E-state index in [1.54, 1.807) is 24.1 Å². The molecule has 3 atom stereocenters. The molecule has 4 aliphatic rings. The number of β-amino-alcohol motifs (C(OH)–C–C–N with tert-alkyl or cyclic N) is 1. The zero-order chi connectivity index (χ0) is 49.2. The second kappa shape index (κ2) is 21.1. The summed E-state index contributed by atoms with van der Waals surface area (Å²) in [5, 5.41) is 21.0. The predicted octanol–water partition coefficient (Wildman–Crippen LogP) is 5.82. The van der Waals surface area contributed by atoms with Gasteiger partial charge in [0.1, 0.15) is 34.5 Å². The number of aliphatic hydroxyl groups excluding tert-OH is 1. The fourth-order valence-electron chi connectivity index (χ4n) is 9.45. The molecule has 370 valence electrons. The number of amides is 4. The number of aromatic nitrogens is 4. The Bertz CT molecular complexity index is 2500. The Kier molecular flexibility index (Phi) is 15.4. The molecule has 4 aromatic rings. The van der Waals surface area contributed by atoms with Crippen molar-refractivity contribution >= 4 is 70.0 Å². The molecule has 6 N–H and O–H groups in total. The highest BCUT2D eigenvalue weighted by Gasteiger charge is 2.44. The summed E-state index contributed by atoms with van der Waals surface area (Å²) in [6.45, 7) is 13.9. The number of ether oxygens (including phenoxy) is 1. The number of carbonyl (C=O) groups is 4. The maximum Gasteiger partial charge on any atom is 0.246 e. The average molecular weight is 1000 g/mol. The number of benzene rings is 1. The Labute approximate surface area is 417 Å². The first-order valence-electron chi connectivity index (χ1n) is 23.8. The number of anilines is 2. The second-order valence-corrected chi connectivity index (χ2v) is 22.6. The highest BCUT2D eigenvalue weighted by Crippen LogP contribution is 2.38. The van der Waals surface area contributed by atoms with E-state index < -0.39 is 35.4 Å². The molecule has 1 aromatic carbocycles. The van der Waals surface area contributed by atoms with Gasteiger partial charge in [-0.2, -0.15) is 0 Å². The molecule has 3 saturated heterocycles. The summed E-state index contributed by atoms with van der Waals surface area (Å²) in [5.41, 5.74) is 9.95. The van der Waals surface area contributed by atoms with Gasteiger partial charge in [-0.15, -0.1) is 11.3 Å². The van der Waals surface area contributed by atoms with Crippen LogP contribution < -0.4 is 31.3 Å². The van der Waals surface area contributed by atoms with E-state index in [0.29, 0.717) is 55.4 Å². The molecule has 8 rings (SSSR count). The molecule has 3 aliphatic heterocycles. The van der Waals surface area contributed by atoms with Crippen molar-refractivity contribution in [3.63, 3.8) is 0 Å². The Hall–Kier alpha value is -5.08. The van der Waals surface area contributed by atoms with E-state index in [4.69, 9.17) is 22.1 Å². The zero-order valence-corrected chi connectivity index (χ0v) is 42.6. The van der Waals surface area contributed by atoms with E-state index in [-0.39, 0.29) is 54.9 Å². The van der Waals surface area contributed by atoms with E-state index in [9.17, 15) is 24.3 Å². The largest absolute Gasteiger partial charge is 0.490 e. The van der Waals surface area contributed by atoms with Gasteiger partial charge >= 0.3 is 0 Å². The molecule has 1 saturated carbocycles. The third-order valence-electron chi connectivity index (χ3n) is 13.6. The van der Waals surface area contributed by atoms with Gasteiger partial charge in [0, 0.05) is 80.7 Å². The van der Waals surface area contributed by atoms with E-state index in [0.717, 1.165) is 63.4 Å². The molecule has 0 radical (unpaired) electrons. The number of nitrogens with two attached hydrogens (primary N) is 1. The lowest BCUT2D eigenvalue weighted by Gasteiger charge is -2.42. The molecule has 0 bridgehead atoms. The van der Waals surface area contributed by atoms with Crippen LogP contribution in [0.15, 0.2) is 58.3 Å². The van der Waals surface area contributed by atoms with Crippen molar-refractivity contribution in [2.75, 3.05) is 42.9 Å². The lowest BCUT2D eigenvalue weighted by atomic mass is 9.85. The van der Waals surface area contributed by atoms with Crippen molar-refractivity contribution in [2.45, 2.75) is 139 Å². The van der Waals surface area contributed by atoms with Gasteiger partial charge in [-0.25, -0.2) is 19.9 Å². The highest BCUT2D eigenvalue weighted by atomic mass is 35.5. The number of halogens is 1. The molecule has 0 spiro atoms. The quantitative estimate of drug-likeness (QED) is 0.101. The van der Waals surface area contributed by atoms with Crippen molar-refractivity contribution in [3.05, 3.63) is 64.6 Å². The van der Waals surface area contributed by atoms with Crippen LogP contribution in [0.2, 0.25) is 5.02 Å². The molecule has 20 heteroatoms. The molecule has 1 aliphatic carbocycles. The van der Waals surface area contributed by atoms with Crippen molar-refractivity contribution in [1.29, 1.82) is 0 Å². The first-order valence-corrected chi connectivity index (χ1v) is 25.9. The number of aliphatic hydroxyl groups is 1. The summed E-state index contributed by atoms with van der Waals surface area (Å²) < 4.78 is 6.73. The smallest absolute Gasteiger partial charge is 0.246 e. The number of likely N-dealkylation sites (tertiary alicyclic amines) is 2. The van der Waals surface area contributed by atoms with Gasteiger partial charge in [0.25, 0.3) is 0 Å². The number of aryl methyl sites for hydroxylation is 1. The third kappa shape index (κ3) is 12.1. The lowest BCUT2D eigenvalue weighted by Crippen LogP contribution is -2.58.